The third-order valence-electron chi connectivity index (χ3n) is 5.40. The van der Waals surface area contributed by atoms with Crippen molar-refractivity contribution in [3.8, 4) is 0 Å². The molecule has 1 fully saturated rings. The van der Waals surface area contributed by atoms with E-state index in [1.54, 1.807) is 12.1 Å². The number of nitrogens with one attached hydrogen (secondary N) is 1. The van der Waals surface area contributed by atoms with Gasteiger partial charge in [0.25, 0.3) is 0 Å². The molecule has 0 saturated carbocycles. The van der Waals surface area contributed by atoms with E-state index in [9.17, 15) is 18.0 Å². The number of rotatable bonds is 9. The molecule has 0 bridgehead atoms. The van der Waals surface area contributed by atoms with Crippen LogP contribution in [-0.4, -0.2) is 74.9 Å². The van der Waals surface area contributed by atoms with Crippen molar-refractivity contribution in [2.75, 3.05) is 49.3 Å². The Morgan fingerprint density at radius 1 is 1.23 bits per heavy atom. The molecule has 3 rings (SSSR count). The third kappa shape index (κ3) is 5.60. The monoisotopic (exact) mass is 469 g/mol. The minimum absolute atomic E-state index is 0.186. The first kappa shape index (κ1) is 24.0. The topological polar surface area (TPSA) is 96.0 Å². The van der Waals surface area contributed by atoms with Crippen LogP contribution in [0.1, 0.15) is 32.3 Å². The van der Waals surface area contributed by atoms with E-state index in [1.165, 1.54) is 22.2 Å². The quantitative estimate of drug-likeness (QED) is 0.553. The Kier molecular flexibility index (Phi) is 8.37. The van der Waals surface area contributed by atoms with Crippen LogP contribution >= 0.6 is 11.8 Å². The van der Waals surface area contributed by atoms with E-state index in [2.05, 4.69) is 12.2 Å². The second-order valence-electron chi connectivity index (χ2n) is 7.67. The van der Waals surface area contributed by atoms with Crippen LogP contribution in [0.15, 0.2) is 23.1 Å². The highest BCUT2D eigenvalue weighted by Crippen LogP contribution is 2.35. The van der Waals surface area contributed by atoms with Gasteiger partial charge in [-0.15, -0.1) is 0 Å². The first-order valence-corrected chi connectivity index (χ1v) is 13.3. The number of hydrogen-bond acceptors (Lipinski definition) is 6. The first-order chi connectivity index (χ1) is 14.9. The highest BCUT2D eigenvalue weighted by Gasteiger charge is 2.38. The number of fused-ring (bicyclic) bond motifs is 1. The molecule has 0 aromatic heterocycles. The van der Waals surface area contributed by atoms with Crippen molar-refractivity contribution in [2.45, 2.75) is 44.0 Å². The van der Waals surface area contributed by atoms with Crippen LogP contribution in [0.25, 0.3) is 0 Å². The highest BCUT2D eigenvalue weighted by molar-refractivity contribution is 7.99. The molecule has 1 N–H and O–H groups in total. The van der Waals surface area contributed by atoms with Gasteiger partial charge in [-0.05, 0) is 48.1 Å². The van der Waals surface area contributed by atoms with Crippen molar-refractivity contribution >= 4 is 39.3 Å². The zero-order valence-electron chi connectivity index (χ0n) is 18.1. The summed E-state index contributed by atoms with van der Waals surface area (Å²) in [6, 6.07) is 4.10. The largest absolute Gasteiger partial charge is 0.379 e. The SMILES string of the molecule is CCCSCCCNC(=O)[C@@H]1Cc2cc(S(=O)(=O)N3CCOCC3)ccc2N1C(C)=O. The summed E-state index contributed by atoms with van der Waals surface area (Å²) in [6.45, 7) is 5.52. The molecule has 172 valence electrons. The molecule has 2 aliphatic heterocycles. The summed E-state index contributed by atoms with van der Waals surface area (Å²) < 4.78 is 32.6. The van der Waals surface area contributed by atoms with Gasteiger partial charge in [0, 0.05) is 38.7 Å². The minimum atomic E-state index is -3.64. The van der Waals surface area contributed by atoms with Crippen LogP contribution < -0.4 is 10.2 Å². The fourth-order valence-electron chi connectivity index (χ4n) is 3.87. The lowest BCUT2D eigenvalue weighted by Gasteiger charge is -2.26. The number of anilines is 1. The van der Waals surface area contributed by atoms with E-state index in [4.69, 9.17) is 4.74 Å². The van der Waals surface area contributed by atoms with E-state index >= 15 is 0 Å². The van der Waals surface area contributed by atoms with Crippen LogP contribution in [0.5, 0.6) is 0 Å². The number of morpholine rings is 1. The van der Waals surface area contributed by atoms with Crippen molar-refractivity contribution in [1.29, 1.82) is 0 Å². The summed E-state index contributed by atoms with van der Waals surface area (Å²) in [5, 5.41) is 2.93. The predicted molar refractivity (Wildman–Crippen MR) is 122 cm³/mol. The fraction of sp³-hybridized carbons (Fsp3) is 0.619. The van der Waals surface area contributed by atoms with Crippen molar-refractivity contribution in [1.82, 2.24) is 9.62 Å². The maximum atomic E-state index is 13.0. The maximum Gasteiger partial charge on any atom is 0.243 e. The zero-order valence-corrected chi connectivity index (χ0v) is 19.8. The molecule has 1 saturated heterocycles. The molecule has 8 nitrogen and oxygen atoms in total. The summed E-state index contributed by atoms with van der Waals surface area (Å²) in [5.41, 5.74) is 1.30. The van der Waals surface area contributed by atoms with Crippen LogP contribution in [0, 0.1) is 0 Å². The van der Waals surface area contributed by atoms with Crippen molar-refractivity contribution in [3.05, 3.63) is 23.8 Å². The Hall–Kier alpha value is -1.62. The van der Waals surface area contributed by atoms with E-state index in [0.717, 1.165) is 24.3 Å². The molecular weight excluding hydrogens is 438 g/mol. The van der Waals surface area contributed by atoms with Gasteiger partial charge in [0.05, 0.1) is 18.1 Å². The third-order valence-corrected chi connectivity index (χ3v) is 8.57. The molecule has 2 aliphatic rings. The van der Waals surface area contributed by atoms with Gasteiger partial charge < -0.3 is 10.1 Å². The van der Waals surface area contributed by atoms with Gasteiger partial charge in [-0.3, -0.25) is 14.5 Å². The number of ether oxygens (including phenoxy) is 1. The van der Waals surface area contributed by atoms with E-state index < -0.39 is 16.1 Å². The molecule has 0 spiro atoms. The van der Waals surface area contributed by atoms with Crippen LogP contribution in [-0.2, 0) is 30.8 Å². The minimum Gasteiger partial charge on any atom is -0.379 e. The van der Waals surface area contributed by atoms with E-state index in [0.29, 0.717) is 50.5 Å². The zero-order chi connectivity index (χ0) is 22.4. The molecule has 1 aromatic rings. The van der Waals surface area contributed by atoms with Gasteiger partial charge in [0.2, 0.25) is 21.8 Å². The highest BCUT2D eigenvalue weighted by atomic mass is 32.2. The molecule has 1 aromatic carbocycles. The van der Waals surface area contributed by atoms with E-state index in [-0.39, 0.29) is 16.7 Å². The van der Waals surface area contributed by atoms with Gasteiger partial charge >= 0.3 is 0 Å². The first-order valence-electron chi connectivity index (χ1n) is 10.7. The van der Waals surface area contributed by atoms with Gasteiger partial charge in [-0.2, -0.15) is 16.1 Å². The smallest absolute Gasteiger partial charge is 0.243 e. The molecule has 0 aliphatic carbocycles. The Bertz CT molecular complexity index is 900. The Morgan fingerprint density at radius 3 is 2.65 bits per heavy atom. The number of amides is 2. The number of benzene rings is 1. The molecule has 10 heteroatoms. The lowest BCUT2D eigenvalue weighted by molar-refractivity contribution is -0.125. The average Bonchev–Trinajstić information content (AvgIpc) is 3.16. The Labute approximate surface area is 188 Å². The predicted octanol–water partition coefficient (Wildman–Crippen LogP) is 1.63. The van der Waals surface area contributed by atoms with Gasteiger partial charge in [-0.1, -0.05) is 6.92 Å². The molecule has 0 radical (unpaired) electrons. The number of nitrogens with zero attached hydrogens (tertiary/aromatic N) is 2. The molecule has 2 heterocycles. The summed E-state index contributed by atoms with van der Waals surface area (Å²) in [6.07, 6.45) is 2.31. The lowest BCUT2D eigenvalue weighted by Crippen LogP contribution is -2.47. The van der Waals surface area contributed by atoms with Gasteiger partial charge in [0.1, 0.15) is 6.04 Å². The second kappa shape index (κ2) is 10.8. The number of sulfonamides is 1. The number of carbonyl (C=O) groups is 2. The normalized spacial score (nSPS) is 19.3. The number of carbonyl (C=O) groups excluding carboxylic acids is 2. The summed E-state index contributed by atoms with van der Waals surface area (Å²) in [7, 11) is -3.64. The number of thioether (sulfide) groups is 1. The summed E-state index contributed by atoms with van der Waals surface area (Å²) in [5.74, 6) is 1.66. The van der Waals surface area contributed by atoms with Crippen LogP contribution in [0.4, 0.5) is 5.69 Å². The van der Waals surface area contributed by atoms with Crippen LogP contribution in [0.2, 0.25) is 0 Å². The standard InChI is InChI=1S/C21H31N3O5S2/c1-3-12-30-13-4-7-22-21(26)20-15-17-14-18(5-6-19(17)24(20)16(2)25)31(27,28)23-8-10-29-11-9-23/h5-6,14,20H,3-4,7-13,15H2,1-2H3,(H,22,26)/t20-/m0/s1. The van der Waals surface area contributed by atoms with Crippen molar-refractivity contribution in [3.63, 3.8) is 0 Å². The van der Waals surface area contributed by atoms with Crippen molar-refractivity contribution in [2.24, 2.45) is 0 Å². The number of hydrogen-bond donors (Lipinski definition) is 1. The van der Waals surface area contributed by atoms with Gasteiger partial charge in [0.15, 0.2) is 0 Å². The second-order valence-corrected chi connectivity index (χ2v) is 10.8. The summed E-state index contributed by atoms with van der Waals surface area (Å²) in [4.78, 5) is 26.8. The van der Waals surface area contributed by atoms with Gasteiger partial charge in [-0.25, -0.2) is 8.42 Å². The van der Waals surface area contributed by atoms with Crippen molar-refractivity contribution < 1.29 is 22.7 Å². The average molecular weight is 470 g/mol. The Balaban J connectivity index is 1.71. The molecule has 31 heavy (non-hydrogen) atoms. The summed E-state index contributed by atoms with van der Waals surface area (Å²) >= 11 is 1.86. The molecule has 2 amide bonds. The maximum absolute atomic E-state index is 13.0. The fourth-order valence-corrected chi connectivity index (χ4v) is 6.17. The molecule has 1 atom stereocenters. The van der Waals surface area contributed by atoms with Crippen LogP contribution in [0.3, 0.4) is 0 Å². The molecular formula is C21H31N3O5S2. The molecule has 0 unspecified atom stereocenters. The Morgan fingerprint density at radius 2 is 1.97 bits per heavy atom. The van der Waals surface area contributed by atoms with E-state index in [1.807, 2.05) is 11.8 Å². The lowest BCUT2D eigenvalue weighted by atomic mass is 10.1.